The smallest absolute Gasteiger partial charge is 0.151 e. The van der Waals surface area contributed by atoms with Crippen molar-refractivity contribution in [1.29, 1.82) is 0 Å². The second-order valence-electron chi connectivity index (χ2n) is 4.62. The molecule has 0 saturated carbocycles. The fraction of sp³-hybridized carbons (Fsp3) is 0.133. The van der Waals surface area contributed by atoms with Gasteiger partial charge in [-0.2, -0.15) is 0 Å². The van der Waals surface area contributed by atoms with E-state index in [-0.39, 0.29) is 16.7 Å². The number of rotatable bonds is 2. The van der Waals surface area contributed by atoms with Gasteiger partial charge in [0.25, 0.3) is 0 Å². The highest BCUT2D eigenvalue weighted by molar-refractivity contribution is 9.10. The van der Waals surface area contributed by atoms with Crippen LogP contribution in [0.25, 0.3) is 16.7 Å². The number of benzene rings is 2. The van der Waals surface area contributed by atoms with Crippen LogP contribution in [0, 0.1) is 5.82 Å². The van der Waals surface area contributed by atoms with Crippen LogP contribution in [0.3, 0.4) is 0 Å². The maximum Gasteiger partial charge on any atom is 0.151 e. The fourth-order valence-corrected chi connectivity index (χ4v) is 2.96. The fourth-order valence-electron chi connectivity index (χ4n) is 2.26. The Morgan fingerprint density at radius 1 is 1.29 bits per heavy atom. The Labute approximate surface area is 139 Å². The summed E-state index contributed by atoms with van der Waals surface area (Å²) in [7, 11) is 0. The average Bonchev–Trinajstić information content (AvgIpc) is 2.82. The van der Waals surface area contributed by atoms with Crippen LogP contribution < -0.4 is 0 Å². The lowest BCUT2D eigenvalue weighted by atomic mass is 10.2. The molecule has 0 radical (unpaired) electrons. The molecule has 0 aliphatic heterocycles. The van der Waals surface area contributed by atoms with Gasteiger partial charge < -0.3 is 0 Å². The Morgan fingerprint density at radius 3 is 2.76 bits per heavy atom. The highest BCUT2D eigenvalue weighted by atomic mass is 79.9. The normalized spacial score (nSPS) is 12.8. The van der Waals surface area contributed by atoms with Crippen LogP contribution in [-0.2, 0) is 0 Å². The van der Waals surface area contributed by atoms with E-state index >= 15 is 0 Å². The summed E-state index contributed by atoms with van der Waals surface area (Å²) in [4.78, 5) is 4.34. The number of halogens is 4. The summed E-state index contributed by atoms with van der Waals surface area (Å²) in [6, 6.07) is 10.3. The van der Waals surface area contributed by atoms with Gasteiger partial charge in [-0.25, -0.2) is 9.37 Å². The van der Waals surface area contributed by atoms with Gasteiger partial charge in [0, 0.05) is 4.47 Å². The van der Waals surface area contributed by atoms with Gasteiger partial charge in [-0.3, -0.25) is 4.57 Å². The second kappa shape index (κ2) is 5.59. The molecule has 0 saturated heterocycles. The Balaban J connectivity index is 2.42. The standard InChI is InChI=1S/C15H10BrCl2FN2/c1-8(17)15-20-14-11(19)3-2-4-12(14)21(15)13-7-9(16)5-6-10(13)18/h2-8H,1H3. The zero-order valence-electron chi connectivity index (χ0n) is 10.9. The van der Waals surface area contributed by atoms with Gasteiger partial charge in [-0.05, 0) is 37.3 Å². The molecule has 0 bridgehead atoms. The molecule has 1 heterocycles. The Hall–Kier alpha value is -1.10. The van der Waals surface area contributed by atoms with Crippen molar-refractivity contribution in [2.75, 3.05) is 0 Å². The number of hydrogen-bond acceptors (Lipinski definition) is 1. The van der Waals surface area contributed by atoms with Gasteiger partial charge in [-0.1, -0.05) is 33.6 Å². The molecular formula is C15H10BrCl2FN2. The first-order valence-electron chi connectivity index (χ1n) is 6.25. The molecule has 21 heavy (non-hydrogen) atoms. The molecule has 2 nitrogen and oxygen atoms in total. The summed E-state index contributed by atoms with van der Waals surface area (Å²) in [6.07, 6.45) is 0. The maximum absolute atomic E-state index is 14.0. The van der Waals surface area contributed by atoms with Crippen molar-refractivity contribution in [3.63, 3.8) is 0 Å². The Morgan fingerprint density at radius 2 is 2.05 bits per heavy atom. The molecule has 0 aliphatic rings. The molecule has 0 spiro atoms. The Kier molecular flexibility index (Phi) is 3.95. The van der Waals surface area contributed by atoms with Crippen molar-refractivity contribution in [3.8, 4) is 5.69 Å². The molecule has 108 valence electrons. The average molecular weight is 388 g/mol. The zero-order chi connectivity index (χ0) is 15.1. The monoisotopic (exact) mass is 386 g/mol. The predicted molar refractivity (Wildman–Crippen MR) is 88.0 cm³/mol. The third-order valence-corrected chi connectivity index (χ3v) is 4.17. The molecule has 0 fully saturated rings. The third kappa shape index (κ3) is 2.56. The molecule has 3 rings (SSSR count). The van der Waals surface area contributed by atoms with E-state index in [2.05, 4.69) is 20.9 Å². The number of alkyl halides is 1. The third-order valence-electron chi connectivity index (χ3n) is 3.17. The second-order valence-corrected chi connectivity index (χ2v) is 6.60. The minimum absolute atomic E-state index is 0.288. The van der Waals surface area contributed by atoms with E-state index in [0.717, 1.165) is 4.47 Å². The molecule has 0 aliphatic carbocycles. The van der Waals surface area contributed by atoms with E-state index in [4.69, 9.17) is 23.2 Å². The number of imidazole rings is 1. The first-order chi connectivity index (χ1) is 9.99. The molecule has 1 aromatic heterocycles. The van der Waals surface area contributed by atoms with Gasteiger partial charge in [-0.15, -0.1) is 11.6 Å². The molecule has 0 amide bonds. The number of hydrogen-bond donors (Lipinski definition) is 0. The predicted octanol–water partition coefficient (Wildman–Crippen LogP) is 5.88. The van der Waals surface area contributed by atoms with E-state index in [1.165, 1.54) is 6.07 Å². The van der Waals surface area contributed by atoms with Crippen molar-refractivity contribution in [3.05, 3.63) is 57.5 Å². The van der Waals surface area contributed by atoms with Gasteiger partial charge in [0.1, 0.15) is 11.3 Å². The summed E-state index contributed by atoms with van der Waals surface area (Å²) in [5.41, 5.74) is 1.63. The van der Waals surface area contributed by atoms with Crippen LogP contribution in [0.1, 0.15) is 18.1 Å². The van der Waals surface area contributed by atoms with Crippen molar-refractivity contribution >= 4 is 50.2 Å². The van der Waals surface area contributed by atoms with Crippen LogP contribution in [-0.4, -0.2) is 9.55 Å². The summed E-state index contributed by atoms with van der Waals surface area (Å²) in [6.45, 7) is 1.79. The molecule has 3 aromatic rings. The molecular weight excluding hydrogens is 378 g/mol. The minimum Gasteiger partial charge on any atom is -0.293 e. The van der Waals surface area contributed by atoms with E-state index in [1.54, 1.807) is 29.7 Å². The van der Waals surface area contributed by atoms with Crippen molar-refractivity contribution in [1.82, 2.24) is 9.55 Å². The van der Waals surface area contributed by atoms with Gasteiger partial charge in [0.05, 0.1) is 21.6 Å². The summed E-state index contributed by atoms with van der Waals surface area (Å²) in [5.74, 6) is 0.174. The minimum atomic E-state index is -0.383. The first kappa shape index (κ1) is 14.8. The van der Waals surface area contributed by atoms with E-state index in [0.29, 0.717) is 22.1 Å². The van der Waals surface area contributed by atoms with Crippen LogP contribution >= 0.6 is 39.1 Å². The molecule has 1 unspecified atom stereocenters. The molecule has 6 heteroatoms. The zero-order valence-corrected chi connectivity index (χ0v) is 14.0. The highest BCUT2D eigenvalue weighted by Crippen LogP contribution is 2.33. The highest BCUT2D eigenvalue weighted by Gasteiger charge is 2.20. The largest absolute Gasteiger partial charge is 0.293 e. The van der Waals surface area contributed by atoms with Crippen LogP contribution in [0.4, 0.5) is 4.39 Å². The van der Waals surface area contributed by atoms with Crippen LogP contribution in [0.15, 0.2) is 40.9 Å². The lowest BCUT2D eigenvalue weighted by Gasteiger charge is -2.12. The first-order valence-corrected chi connectivity index (χ1v) is 7.86. The van der Waals surface area contributed by atoms with Crippen molar-refractivity contribution in [2.45, 2.75) is 12.3 Å². The summed E-state index contributed by atoms with van der Waals surface area (Å²) >= 11 is 15.9. The topological polar surface area (TPSA) is 17.8 Å². The molecule has 1 atom stereocenters. The van der Waals surface area contributed by atoms with Crippen LogP contribution in [0.2, 0.25) is 5.02 Å². The van der Waals surface area contributed by atoms with Gasteiger partial charge >= 0.3 is 0 Å². The molecule has 0 N–H and O–H groups in total. The quantitative estimate of drug-likeness (QED) is 0.502. The van der Waals surface area contributed by atoms with Gasteiger partial charge in [0.15, 0.2) is 5.82 Å². The number of para-hydroxylation sites is 1. The van der Waals surface area contributed by atoms with Gasteiger partial charge in [0.2, 0.25) is 0 Å². The maximum atomic E-state index is 14.0. The molecule has 2 aromatic carbocycles. The van der Waals surface area contributed by atoms with Crippen LogP contribution in [0.5, 0.6) is 0 Å². The van der Waals surface area contributed by atoms with E-state index in [9.17, 15) is 4.39 Å². The van der Waals surface area contributed by atoms with Crippen molar-refractivity contribution < 1.29 is 4.39 Å². The number of fused-ring (bicyclic) bond motifs is 1. The van der Waals surface area contributed by atoms with E-state index in [1.807, 2.05) is 12.1 Å². The van der Waals surface area contributed by atoms with E-state index < -0.39 is 0 Å². The summed E-state index contributed by atoms with van der Waals surface area (Å²) in [5, 5.41) is 0.159. The Bertz CT molecular complexity index is 830. The van der Waals surface area contributed by atoms with Crippen molar-refractivity contribution in [2.24, 2.45) is 0 Å². The lowest BCUT2D eigenvalue weighted by molar-refractivity contribution is 0.637. The number of nitrogens with zero attached hydrogens (tertiary/aromatic N) is 2. The number of aromatic nitrogens is 2. The lowest BCUT2D eigenvalue weighted by Crippen LogP contribution is -2.02. The SMILES string of the molecule is CC(Cl)c1nc2c(F)cccc2n1-c1cc(Br)ccc1Cl. The summed E-state index contributed by atoms with van der Waals surface area (Å²) < 4.78 is 16.6.